The van der Waals surface area contributed by atoms with E-state index in [1.165, 1.54) is 0 Å². The van der Waals surface area contributed by atoms with Crippen LogP contribution in [0.15, 0.2) is 45.8 Å². The Morgan fingerprint density at radius 3 is 2.97 bits per heavy atom. The van der Waals surface area contributed by atoms with Crippen LogP contribution in [-0.4, -0.2) is 48.6 Å². The summed E-state index contributed by atoms with van der Waals surface area (Å²) >= 11 is 3.57. The molecule has 10 heteroatoms. The average Bonchev–Trinajstić information content (AvgIpc) is 3.39. The van der Waals surface area contributed by atoms with E-state index in [2.05, 4.69) is 36.5 Å². The monoisotopic (exact) mass is 509 g/mol. The lowest BCUT2D eigenvalue weighted by Gasteiger charge is -2.32. The van der Waals surface area contributed by atoms with E-state index in [0.29, 0.717) is 36.7 Å². The Hall–Kier alpha value is -3.27. The van der Waals surface area contributed by atoms with Crippen LogP contribution >= 0.6 is 15.9 Å². The molecule has 4 aromatic rings. The molecule has 33 heavy (non-hydrogen) atoms. The van der Waals surface area contributed by atoms with Crippen LogP contribution in [0.3, 0.4) is 0 Å². The van der Waals surface area contributed by atoms with Gasteiger partial charge in [-0.2, -0.15) is 9.61 Å². The van der Waals surface area contributed by atoms with Gasteiger partial charge in [0.2, 0.25) is 0 Å². The Bertz CT molecular complexity index is 1280. The summed E-state index contributed by atoms with van der Waals surface area (Å²) in [5, 5.41) is 11.9. The third-order valence-corrected chi connectivity index (χ3v) is 6.58. The highest BCUT2D eigenvalue weighted by Gasteiger charge is 2.30. The summed E-state index contributed by atoms with van der Waals surface area (Å²) in [6.45, 7) is 5.51. The summed E-state index contributed by atoms with van der Waals surface area (Å²) in [6, 6.07) is 5.98. The van der Waals surface area contributed by atoms with Crippen LogP contribution in [0.4, 0.5) is 5.82 Å². The molecule has 1 saturated heterocycles. The number of aryl methyl sites for hydroxylation is 2. The predicted molar refractivity (Wildman–Crippen MR) is 126 cm³/mol. The third kappa shape index (κ3) is 4.22. The van der Waals surface area contributed by atoms with Crippen molar-refractivity contribution in [2.75, 3.05) is 18.4 Å². The number of hydrogen-bond donors (Lipinski definition) is 1. The number of amides is 1. The molecule has 1 unspecified atom stereocenters. The van der Waals surface area contributed by atoms with Crippen LogP contribution in [0.2, 0.25) is 0 Å². The number of carbonyl (C=O) groups is 1. The fourth-order valence-corrected chi connectivity index (χ4v) is 4.68. The van der Waals surface area contributed by atoms with Crippen LogP contribution in [0.1, 0.15) is 51.8 Å². The molecule has 9 nitrogen and oxygen atoms in total. The van der Waals surface area contributed by atoms with Crippen molar-refractivity contribution in [3.05, 3.63) is 69.5 Å². The van der Waals surface area contributed by atoms with Gasteiger partial charge in [0.25, 0.3) is 5.91 Å². The Morgan fingerprint density at radius 1 is 1.33 bits per heavy atom. The first-order valence-electron chi connectivity index (χ1n) is 10.9. The number of pyridine rings is 1. The van der Waals surface area contributed by atoms with Crippen LogP contribution in [-0.2, 0) is 6.54 Å². The molecule has 0 aliphatic carbocycles. The second-order valence-electron chi connectivity index (χ2n) is 8.30. The van der Waals surface area contributed by atoms with E-state index in [1.807, 2.05) is 29.3 Å². The molecule has 5 rings (SSSR count). The summed E-state index contributed by atoms with van der Waals surface area (Å²) in [6.07, 6.45) is 7.21. The lowest BCUT2D eigenvalue weighted by Crippen LogP contribution is -2.39. The van der Waals surface area contributed by atoms with E-state index in [0.717, 1.165) is 40.0 Å². The van der Waals surface area contributed by atoms with E-state index in [4.69, 9.17) is 9.51 Å². The summed E-state index contributed by atoms with van der Waals surface area (Å²) in [5.74, 6) is 1.49. The van der Waals surface area contributed by atoms with Gasteiger partial charge in [-0.25, -0.2) is 4.98 Å². The standard InChI is InChI=1S/C23H24BrN7O2/c1-14-21(15(2)33-29-14)23(32)30-8-4-6-17(13-30)19-9-20(26-11-16-5-3-7-25-10-16)31-22(28-19)18(24)12-27-31/h3,5,7,9-10,12,17,26H,4,6,8,11,13H2,1-2H3. The quantitative estimate of drug-likeness (QED) is 0.431. The van der Waals surface area contributed by atoms with E-state index >= 15 is 0 Å². The molecular formula is C23H24BrN7O2. The minimum absolute atomic E-state index is 0.0301. The van der Waals surface area contributed by atoms with Crippen LogP contribution in [0, 0.1) is 13.8 Å². The van der Waals surface area contributed by atoms with E-state index < -0.39 is 0 Å². The average molecular weight is 510 g/mol. The van der Waals surface area contributed by atoms with Gasteiger partial charge in [0, 0.05) is 44.0 Å². The zero-order chi connectivity index (χ0) is 22.9. The van der Waals surface area contributed by atoms with E-state index in [9.17, 15) is 4.79 Å². The molecule has 170 valence electrons. The largest absolute Gasteiger partial charge is 0.366 e. The summed E-state index contributed by atoms with van der Waals surface area (Å²) in [7, 11) is 0. The molecule has 5 heterocycles. The van der Waals surface area contributed by atoms with Crippen molar-refractivity contribution < 1.29 is 9.32 Å². The lowest BCUT2D eigenvalue weighted by atomic mass is 9.93. The molecular weight excluding hydrogens is 486 g/mol. The SMILES string of the molecule is Cc1noc(C)c1C(=O)N1CCCC(c2cc(NCc3cccnc3)n3ncc(Br)c3n2)C1. The summed E-state index contributed by atoms with van der Waals surface area (Å²) in [4.78, 5) is 24.2. The first kappa shape index (κ1) is 21.6. The molecule has 0 aromatic carbocycles. The van der Waals surface area contributed by atoms with Crippen molar-refractivity contribution in [1.29, 1.82) is 0 Å². The number of likely N-dealkylation sites (tertiary alicyclic amines) is 1. The van der Waals surface area contributed by atoms with Gasteiger partial charge in [0.1, 0.15) is 17.1 Å². The van der Waals surface area contributed by atoms with Crippen molar-refractivity contribution in [3.63, 3.8) is 0 Å². The number of hydrogen-bond acceptors (Lipinski definition) is 7. The molecule has 0 bridgehead atoms. The number of halogens is 1. The van der Waals surface area contributed by atoms with E-state index in [-0.39, 0.29) is 11.8 Å². The Morgan fingerprint density at radius 2 is 2.21 bits per heavy atom. The number of aromatic nitrogens is 5. The zero-order valence-electron chi connectivity index (χ0n) is 18.5. The maximum atomic E-state index is 13.2. The van der Waals surface area contributed by atoms with Gasteiger partial charge in [-0.3, -0.25) is 9.78 Å². The normalized spacial score (nSPS) is 16.3. The van der Waals surface area contributed by atoms with Gasteiger partial charge in [0.15, 0.2) is 5.65 Å². The molecule has 1 amide bonds. The number of nitrogens with one attached hydrogen (secondary N) is 1. The molecule has 1 N–H and O–H groups in total. The maximum absolute atomic E-state index is 13.2. The fraction of sp³-hybridized carbons (Fsp3) is 0.348. The molecule has 4 aromatic heterocycles. The zero-order valence-corrected chi connectivity index (χ0v) is 20.0. The lowest BCUT2D eigenvalue weighted by molar-refractivity contribution is 0.0703. The number of fused-ring (bicyclic) bond motifs is 1. The second-order valence-corrected chi connectivity index (χ2v) is 9.15. The van der Waals surface area contributed by atoms with Crippen LogP contribution in [0.5, 0.6) is 0 Å². The molecule has 0 saturated carbocycles. The minimum Gasteiger partial charge on any atom is -0.366 e. The van der Waals surface area contributed by atoms with Gasteiger partial charge in [-0.05, 0) is 54.2 Å². The highest BCUT2D eigenvalue weighted by Crippen LogP contribution is 2.31. The number of piperidine rings is 1. The first-order chi connectivity index (χ1) is 16.0. The number of carbonyl (C=O) groups excluding carboxylic acids is 1. The van der Waals surface area contributed by atoms with Crippen molar-refractivity contribution >= 4 is 33.3 Å². The second kappa shape index (κ2) is 8.93. The third-order valence-electron chi connectivity index (χ3n) is 6.02. The number of anilines is 1. The number of nitrogens with zero attached hydrogens (tertiary/aromatic N) is 6. The molecule has 1 atom stereocenters. The van der Waals surface area contributed by atoms with Crippen molar-refractivity contribution in [2.45, 2.75) is 39.2 Å². The molecule has 0 radical (unpaired) electrons. The maximum Gasteiger partial charge on any atom is 0.259 e. The van der Waals surface area contributed by atoms with Crippen LogP contribution < -0.4 is 5.32 Å². The molecule has 0 spiro atoms. The topological polar surface area (TPSA) is 101 Å². The van der Waals surface area contributed by atoms with Gasteiger partial charge in [-0.15, -0.1) is 0 Å². The van der Waals surface area contributed by atoms with Gasteiger partial charge >= 0.3 is 0 Å². The smallest absolute Gasteiger partial charge is 0.259 e. The highest BCUT2D eigenvalue weighted by atomic mass is 79.9. The van der Waals surface area contributed by atoms with Crippen molar-refractivity contribution in [3.8, 4) is 0 Å². The first-order valence-corrected chi connectivity index (χ1v) is 11.7. The molecule has 1 aliphatic rings. The van der Waals surface area contributed by atoms with Gasteiger partial charge < -0.3 is 14.7 Å². The number of rotatable bonds is 5. The summed E-state index contributed by atoms with van der Waals surface area (Å²) < 4.78 is 7.83. The Kier molecular flexibility index (Phi) is 5.84. The summed E-state index contributed by atoms with van der Waals surface area (Å²) in [5.41, 5.74) is 3.95. The van der Waals surface area contributed by atoms with Crippen molar-refractivity contribution in [2.24, 2.45) is 0 Å². The van der Waals surface area contributed by atoms with Gasteiger partial charge in [-0.1, -0.05) is 11.2 Å². The highest BCUT2D eigenvalue weighted by molar-refractivity contribution is 9.10. The molecule has 1 aliphatic heterocycles. The molecule has 1 fully saturated rings. The Labute approximate surface area is 199 Å². The minimum atomic E-state index is -0.0301. The Balaban J connectivity index is 1.42. The van der Waals surface area contributed by atoms with E-state index in [1.54, 1.807) is 30.8 Å². The fourth-order valence-electron chi connectivity index (χ4n) is 4.33. The van der Waals surface area contributed by atoms with Crippen molar-refractivity contribution in [1.82, 2.24) is 29.6 Å². The van der Waals surface area contributed by atoms with Crippen LogP contribution in [0.25, 0.3) is 5.65 Å². The van der Waals surface area contributed by atoms with Gasteiger partial charge in [0.05, 0.1) is 22.1 Å². The predicted octanol–water partition coefficient (Wildman–Crippen LogP) is 4.12.